The molecule has 2 heteroatoms. The van der Waals surface area contributed by atoms with E-state index in [-0.39, 0.29) is 6.04 Å². The van der Waals surface area contributed by atoms with Crippen LogP contribution in [0.1, 0.15) is 32.4 Å². The molecule has 0 fully saturated rings. The minimum absolute atomic E-state index is 0.0804. The Morgan fingerprint density at radius 3 is 2.40 bits per heavy atom. The molecule has 0 unspecified atom stereocenters. The standard InChI is InChI=1S/C13H19NO/c1-10(2)8-9-15-13-6-4-12(5-7-13)11(3)14/h4-8,11H,9,14H2,1-3H3/t11-/m1/s1. The molecule has 0 aliphatic rings. The zero-order valence-corrected chi connectivity index (χ0v) is 9.66. The maximum Gasteiger partial charge on any atom is 0.119 e. The molecule has 0 aliphatic carbocycles. The van der Waals surface area contributed by atoms with Crippen LogP contribution in [0.2, 0.25) is 0 Å². The van der Waals surface area contributed by atoms with Crippen molar-refractivity contribution in [1.29, 1.82) is 0 Å². The van der Waals surface area contributed by atoms with E-state index < -0.39 is 0 Å². The van der Waals surface area contributed by atoms with Gasteiger partial charge >= 0.3 is 0 Å². The van der Waals surface area contributed by atoms with Crippen LogP contribution in [0.5, 0.6) is 5.75 Å². The summed E-state index contributed by atoms with van der Waals surface area (Å²) in [5.74, 6) is 0.886. The van der Waals surface area contributed by atoms with Crippen LogP contribution in [-0.2, 0) is 0 Å². The summed E-state index contributed by atoms with van der Waals surface area (Å²) < 4.78 is 5.53. The van der Waals surface area contributed by atoms with Gasteiger partial charge in [0, 0.05) is 6.04 Å². The van der Waals surface area contributed by atoms with Gasteiger partial charge in [-0.05, 0) is 44.5 Å². The Balaban J connectivity index is 2.53. The molecule has 0 bridgehead atoms. The van der Waals surface area contributed by atoms with Crippen LogP contribution in [0, 0.1) is 0 Å². The lowest BCUT2D eigenvalue weighted by Crippen LogP contribution is -2.04. The largest absolute Gasteiger partial charge is 0.490 e. The van der Waals surface area contributed by atoms with Gasteiger partial charge in [0.25, 0.3) is 0 Å². The van der Waals surface area contributed by atoms with E-state index in [2.05, 4.69) is 19.9 Å². The van der Waals surface area contributed by atoms with Crippen LogP contribution in [0.4, 0.5) is 0 Å². The molecule has 0 saturated heterocycles. The number of allylic oxidation sites excluding steroid dienone is 1. The van der Waals surface area contributed by atoms with Crippen molar-refractivity contribution in [2.75, 3.05) is 6.61 Å². The first-order valence-electron chi connectivity index (χ1n) is 5.21. The molecule has 1 rings (SSSR count). The number of benzene rings is 1. The SMILES string of the molecule is CC(C)=CCOc1ccc([C@@H](C)N)cc1. The highest BCUT2D eigenvalue weighted by atomic mass is 16.5. The lowest BCUT2D eigenvalue weighted by molar-refractivity contribution is 0.362. The second kappa shape index (κ2) is 5.56. The number of hydrogen-bond donors (Lipinski definition) is 1. The van der Waals surface area contributed by atoms with Crippen molar-refractivity contribution in [3.63, 3.8) is 0 Å². The van der Waals surface area contributed by atoms with Crippen LogP contribution in [0.15, 0.2) is 35.9 Å². The highest BCUT2D eigenvalue weighted by molar-refractivity contribution is 5.28. The van der Waals surface area contributed by atoms with Crippen molar-refractivity contribution in [2.24, 2.45) is 5.73 Å². The van der Waals surface area contributed by atoms with Gasteiger partial charge < -0.3 is 10.5 Å². The average Bonchev–Trinajstić information content (AvgIpc) is 2.18. The molecule has 0 aromatic heterocycles. The van der Waals surface area contributed by atoms with Gasteiger partial charge in [-0.2, -0.15) is 0 Å². The van der Waals surface area contributed by atoms with E-state index in [1.54, 1.807) is 0 Å². The lowest BCUT2D eigenvalue weighted by Gasteiger charge is -2.07. The van der Waals surface area contributed by atoms with Gasteiger partial charge in [0.1, 0.15) is 12.4 Å². The first-order valence-corrected chi connectivity index (χ1v) is 5.21. The Morgan fingerprint density at radius 2 is 1.93 bits per heavy atom. The summed E-state index contributed by atoms with van der Waals surface area (Å²) in [5.41, 5.74) is 8.15. The van der Waals surface area contributed by atoms with Gasteiger partial charge in [-0.1, -0.05) is 17.7 Å². The minimum Gasteiger partial charge on any atom is -0.490 e. The molecular weight excluding hydrogens is 186 g/mol. The van der Waals surface area contributed by atoms with E-state index in [9.17, 15) is 0 Å². The molecule has 15 heavy (non-hydrogen) atoms. The molecule has 1 aromatic carbocycles. The zero-order valence-electron chi connectivity index (χ0n) is 9.66. The fourth-order valence-electron chi connectivity index (χ4n) is 1.17. The summed E-state index contributed by atoms with van der Waals surface area (Å²) in [7, 11) is 0. The predicted molar refractivity (Wildman–Crippen MR) is 64.0 cm³/mol. The molecule has 0 saturated carbocycles. The molecule has 82 valence electrons. The summed E-state index contributed by atoms with van der Waals surface area (Å²) >= 11 is 0. The Bertz CT molecular complexity index is 321. The van der Waals surface area contributed by atoms with Crippen molar-refractivity contribution in [1.82, 2.24) is 0 Å². The Hall–Kier alpha value is -1.28. The normalized spacial score (nSPS) is 12.0. The second-order valence-corrected chi connectivity index (χ2v) is 3.95. The van der Waals surface area contributed by atoms with Crippen LogP contribution >= 0.6 is 0 Å². The Labute approximate surface area is 91.7 Å². The molecule has 0 heterocycles. The fraction of sp³-hybridized carbons (Fsp3) is 0.385. The molecule has 0 aliphatic heterocycles. The lowest BCUT2D eigenvalue weighted by atomic mass is 10.1. The second-order valence-electron chi connectivity index (χ2n) is 3.95. The summed E-state index contributed by atoms with van der Waals surface area (Å²) in [4.78, 5) is 0. The molecule has 1 aromatic rings. The van der Waals surface area contributed by atoms with E-state index in [4.69, 9.17) is 10.5 Å². The third-order valence-electron chi connectivity index (χ3n) is 2.15. The van der Waals surface area contributed by atoms with Crippen LogP contribution in [-0.4, -0.2) is 6.61 Å². The van der Waals surface area contributed by atoms with Crippen molar-refractivity contribution >= 4 is 0 Å². The van der Waals surface area contributed by atoms with Crippen LogP contribution < -0.4 is 10.5 Å². The van der Waals surface area contributed by atoms with Gasteiger partial charge in [-0.25, -0.2) is 0 Å². The smallest absolute Gasteiger partial charge is 0.119 e. The Kier molecular flexibility index (Phi) is 4.37. The van der Waals surface area contributed by atoms with Gasteiger partial charge in [0.05, 0.1) is 0 Å². The highest BCUT2D eigenvalue weighted by Gasteiger charge is 1.98. The van der Waals surface area contributed by atoms with E-state index in [0.29, 0.717) is 6.61 Å². The van der Waals surface area contributed by atoms with Crippen molar-refractivity contribution in [2.45, 2.75) is 26.8 Å². The van der Waals surface area contributed by atoms with Crippen molar-refractivity contribution in [3.05, 3.63) is 41.5 Å². The number of nitrogens with two attached hydrogens (primary N) is 1. The topological polar surface area (TPSA) is 35.2 Å². The van der Waals surface area contributed by atoms with E-state index >= 15 is 0 Å². The third kappa shape index (κ3) is 4.17. The Morgan fingerprint density at radius 1 is 1.33 bits per heavy atom. The summed E-state index contributed by atoms with van der Waals surface area (Å²) in [6, 6.07) is 8.00. The monoisotopic (exact) mass is 205 g/mol. The van der Waals surface area contributed by atoms with E-state index in [0.717, 1.165) is 11.3 Å². The van der Waals surface area contributed by atoms with E-state index in [1.807, 2.05) is 31.2 Å². The van der Waals surface area contributed by atoms with Gasteiger partial charge in [0.15, 0.2) is 0 Å². The molecular formula is C13H19NO. The minimum atomic E-state index is 0.0804. The molecule has 2 nitrogen and oxygen atoms in total. The first-order chi connectivity index (χ1) is 7.09. The van der Waals surface area contributed by atoms with Crippen LogP contribution in [0.3, 0.4) is 0 Å². The average molecular weight is 205 g/mol. The molecule has 0 spiro atoms. The zero-order chi connectivity index (χ0) is 11.3. The van der Waals surface area contributed by atoms with Crippen LogP contribution in [0.25, 0.3) is 0 Å². The fourth-order valence-corrected chi connectivity index (χ4v) is 1.17. The quantitative estimate of drug-likeness (QED) is 0.767. The van der Waals surface area contributed by atoms with E-state index in [1.165, 1.54) is 5.57 Å². The van der Waals surface area contributed by atoms with Gasteiger partial charge in [-0.3, -0.25) is 0 Å². The molecule has 0 radical (unpaired) electrons. The first kappa shape index (κ1) is 11.8. The highest BCUT2D eigenvalue weighted by Crippen LogP contribution is 2.15. The maximum atomic E-state index is 5.75. The number of hydrogen-bond acceptors (Lipinski definition) is 2. The third-order valence-corrected chi connectivity index (χ3v) is 2.15. The van der Waals surface area contributed by atoms with Crippen molar-refractivity contribution < 1.29 is 4.74 Å². The summed E-state index contributed by atoms with van der Waals surface area (Å²) in [6.07, 6.45) is 2.06. The number of ether oxygens (including phenoxy) is 1. The molecule has 1 atom stereocenters. The summed E-state index contributed by atoms with van der Waals surface area (Å²) in [5, 5.41) is 0. The predicted octanol–water partition coefficient (Wildman–Crippen LogP) is 3.05. The van der Waals surface area contributed by atoms with Gasteiger partial charge in [-0.15, -0.1) is 0 Å². The van der Waals surface area contributed by atoms with Gasteiger partial charge in [0.2, 0.25) is 0 Å². The summed E-state index contributed by atoms with van der Waals surface area (Å²) in [6.45, 7) is 6.71. The number of rotatable bonds is 4. The molecule has 2 N–H and O–H groups in total. The molecule has 0 amide bonds. The maximum absolute atomic E-state index is 5.75. The van der Waals surface area contributed by atoms with Crippen molar-refractivity contribution in [3.8, 4) is 5.75 Å².